The van der Waals surface area contributed by atoms with Crippen LogP contribution in [0.3, 0.4) is 0 Å². The van der Waals surface area contributed by atoms with Gasteiger partial charge in [0.2, 0.25) is 5.91 Å². The first kappa shape index (κ1) is 18.7. The molecule has 1 amide bonds. The molecule has 0 spiro atoms. The molecule has 2 aromatic heterocycles. The van der Waals surface area contributed by atoms with Crippen molar-refractivity contribution in [3.05, 3.63) is 53.1 Å². The molecule has 1 aliphatic carbocycles. The summed E-state index contributed by atoms with van der Waals surface area (Å²) in [5.41, 5.74) is 9.72. The van der Waals surface area contributed by atoms with E-state index < -0.39 is 0 Å². The fourth-order valence-corrected chi connectivity index (χ4v) is 4.18. The Kier molecular flexibility index (Phi) is 5.21. The van der Waals surface area contributed by atoms with E-state index in [9.17, 15) is 4.79 Å². The normalized spacial score (nSPS) is 13.8. The summed E-state index contributed by atoms with van der Waals surface area (Å²) >= 11 is 1.64. The molecule has 1 aliphatic rings. The van der Waals surface area contributed by atoms with Crippen molar-refractivity contribution in [1.82, 2.24) is 24.5 Å². The lowest BCUT2D eigenvalue weighted by Gasteiger charge is -2.09. The van der Waals surface area contributed by atoms with Gasteiger partial charge in [-0.05, 0) is 50.5 Å². The van der Waals surface area contributed by atoms with E-state index in [0.717, 1.165) is 46.7 Å². The number of carbonyl (C=O) groups excluding carboxylic acids is 1. The molecule has 2 heterocycles. The van der Waals surface area contributed by atoms with Crippen molar-refractivity contribution < 1.29 is 4.79 Å². The van der Waals surface area contributed by atoms with Crippen LogP contribution < -0.4 is 5.73 Å². The van der Waals surface area contributed by atoms with Crippen LogP contribution in [0.15, 0.2) is 35.5 Å². The van der Waals surface area contributed by atoms with Crippen LogP contribution in [0.4, 0.5) is 0 Å². The van der Waals surface area contributed by atoms with Crippen molar-refractivity contribution in [2.24, 2.45) is 5.73 Å². The average molecular weight is 397 g/mol. The van der Waals surface area contributed by atoms with Gasteiger partial charge in [0.05, 0.1) is 11.4 Å². The molecule has 7 nitrogen and oxygen atoms in total. The van der Waals surface area contributed by atoms with Gasteiger partial charge in [0.25, 0.3) is 0 Å². The Labute approximate surface area is 168 Å². The first-order valence-corrected chi connectivity index (χ1v) is 10.5. The van der Waals surface area contributed by atoms with Gasteiger partial charge in [-0.25, -0.2) is 4.68 Å². The molecular weight excluding hydrogens is 372 g/mol. The maximum absolute atomic E-state index is 11.2. The fourth-order valence-electron chi connectivity index (χ4n) is 3.25. The number of nitrogens with two attached hydrogens (primary N) is 1. The minimum absolute atomic E-state index is 0.300. The van der Waals surface area contributed by atoms with Crippen molar-refractivity contribution in [2.75, 3.05) is 0 Å². The summed E-state index contributed by atoms with van der Waals surface area (Å²) in [4.78, 5) is 11.2. The Morgan fingerprint density at radius 2 is 1.96 bits per heavy atom. The SMILES string of the molecule is Cc1cc(C)n(-c2ccc(CSc3nnc(C4CC4)n3CCC(N)=O)cc2)n1. The standard InChI is InChI=1S/C20H24N6OS/c1-13-11-14(2)26(24-13)17-7-3-15(4-8-17)12-28-20-23-22-19(16-5-6-16)25(20)10-9-18(21)27/h3-4,7-8,11,16H,5-6,9-10,12H2,1-2H3,(H2,21,27). The van der Waals surface area contributed by atoms with Gasteiger partial charge in [-0.15, -0.1) is 10.2 Å². The van der Waals surface area contributed by atoms with Crippen LogP contribution >= 0.6 is 11.8 Å². The molecule has 0 radical (unpaired) electrons. The molecule has 1 saturated carbocycles. The van der Waals surface area contributed by atoms with Crippen molar-refractivity contribution >= 4 is 17.7 Å². The number of benzene rings is 1. The highest BCUT2D eigenvalue weighted by atomic mass is 32.2. The first-order chi connectivity index (χ1) is 13.5. The van der Waals surface area contributed by atoms with E-state index >= 15 is 0 Å². The van der Waals surface area contributed by atoms with Gasteiger partial charge >= 0.3 is 0 Å². The third-order valence-electron chi connectivity index (χ3n) is 4.83. The third kappa shape index (κ3) is 4.11. The van der Waals surface area contributed by atoms with Crippen molar-refractivity contribution in [3.8, 4) is 5.69 Å². The molecule has 0 saturated heterocycles. The van der Waals surface area contributed by atoms with Gasteiger partial charge in [-0.1, -0.05) is 23.9 Å². The Balaban J connectivity index is 1.45. The highest BCUT2D eigenvalue weighted by molar-refractivity contribution is 7.98. The van der Waals surface area contributed by atoms with Gasteiger partial charge in [0.1, 0.15) is 5.82 Å². The number of carbonyl (C=O) groups is 1. The number of rotatable bonds is 8. The summed E-state index contributed by atoms with van der Waals surface area (Å²) in [5, 5.41) is 14.1. The number of hydrogen-bond donors (Lipinski definition) is 1. The number of aryl methyl sites for hydroxylation is 2. The molecule has 0 unspecified atom stereocenters. The minimum atomic E-state index is -0.300. The third-order valence-corrected chi connectivity index (χ3v) is 5.87. The van der Waals surface area contributed by atoms with E-state index in [1.54, 1.807) is 11.8 Å². The molecule has 8 heteroatoms. The maximum atomic E-state index is 11.2. The molecule has 1 fully saturated rings. The van der Waals surface area contributed by atoms with Crippen LogP contribution in [0.1, 0.15) is 48.0 Å². The van der Waals surface area contributed by atoms with Gasteiger partial charge in [-0.3, -0.25) is 4.79 Å². The average Bonchev–Trinajstić information content (AvgIpc) is 3.34. The summed E-state index contributed by atoms with van der Waals surface area (Å²) in [6, 6.07) is 10.5. The quantitative estimate of drug-likeness (QED) is 0.591. The predicted molar refractivity (Wildman–Crippen MR) is 108 cm³/mol. The smallest absolute Gasteiger partial charge is 0.219 e. The molecule has 1 aromatic carbocycles. The largest absolute Gasteiger partial charge is 0.370 e. The number of hydrogen-bond acceptors (Lipinski definition) is 5. The van der Waals surface area contributed by atoms with E-state index in [1.807, 2.05) is 11.6 Å². The van der Waals surface area contributed by atoms with Crippen LogP contribution in [0.2, 0.25) is 0 Å². The lowest BCUT2D eigenvalue weighted by Crippen LogP contribution is -2.15. The molecule has 4 rings (SSSR count). The summed E-state index contributed by atoms with van der Waals surface area (Å²) in [5.74, 6) is 1.96. The second-order valence-electron chi connectivity index (χ2n) is 7.28. The second-order valence-corrected chi connectivity index (χ2v) is 8.22. The van der Waals surface area contributed by atoms with Crippen molar-refractivity contribution in [3.63, 3.8) is 0 Å². The zero-order valence-corrected chi connectivity index (χ0v) is 16.9. The Bertz CT molecular complexity index is 987. The van der Waals surface area contributed by atoms with E-state index in [-0.39, 0.29) is 5.91 Å². The summed E-state index contributed by atoms with van der Waals surface area (Å²) < 4.78 is 4.02. The first-order valence-electron chi connectivity index (χ1n) is 9.48. The number of thioether (sulfide) groups is 1. The van der Waals surface area contributed by atoms with Gasteiger partial charge in [-0.2, -0.15) is 5.10 Å². The molecule has 146 valence electrons. The van der Waals surface area contributed by atoms with E-state index in [2.05, 4.69) is 57.1 Å². The Morgan fingerprint density at radius 1 is 1.21 bits per heavy atom. The van der Waals surface area contributed by atoms with Gasteiger partial charge in [0.15, 0.2) is 5.16 Å². The highest BCUT2D eigenvalue weighted by Gasteiger charge is 2.30. The zero-order valence-electron chi connectivity index (χ0n) is 16.1. The monoisotopic (exact) mass is 396 g/mol. The fraction of sp³-hybridized carbons (Fsp3) is 0.400. The van der Waals surface area contributed by atoms with Crippen molar-refractivity contribution in [2.45, 2.75) is 56.5 Å². The number of primary amides is 1. The van der Waals surface area contributed by atoms with E-state index in [4.69, 9.17) is 5.73 Å². The second kappa shape index (κ2) is 7.79. The summed E-state index contributed by atoms with van der Waals surface area (Å²) in [6.07, 6.45) is 2.60. The van der Waals surface area contributed by atoms with Crippen LogP contribution in [0.25, 0.3) is 5.69 Å². The molecule has 3 aromatic rings. The molecule has 2 N–H and O–H groups in total. The van der Waals surface area contributed by atoms with Crippen LogP contribution in [0, 0.1) is 13.8 Å². The van der Waals surface area contributed by atoms with Crippen LogP contribution in [0.5, 0.6) is 0 Å². The van der Waals surface area contributed by atoms with Gasteiger partial charge in [0, 0.05) is 30.3 Å². The topological polar surface area (TPSA) is 91.6 Å². The highest BCUT2D eigenvalue weighted by Crippen LogP contribution is 2.40. The molecule has 28 heavy (non-hydrogen) atoms. The minimum Gasteiger partial charge on any atom is -0.370 e. The zero-order chi connectivity index (χ0) is 19.7. The van der Waals surface area contributed by atoms with Crippen LogP contribution in [-0.4, -0.2) is 30.5 Å². The Hall–Kier alpha value is -2.61. The molecule has 0 bridgehead atoms. The number of aromatic nitrogens is 5. The predicted octanol–water partition coefficient (Wildman–Crippen LogP) is 3.13. The van der Waals surface area contributed by atoms with Crippen molar-refractivity contribution in [1.29, 1.82) is 0 Å². The molecule has 0 aliphatic heterocycles. The summed E-state index contributed by atoms with van der Waals surface area (Å²) in [7, 11) is 0. The molecule has 0 atom stereocenters. The lowest BCUT2D eigenvalue weighted by molar-refractivity contribution is -0.118. The van der Waals surface area contributed by atoms with E-state index in [1.165, 1.54) is 5.56 Å². The van der Waals surface area contributed by atoms with E-state index in [0.29, 0.717) is 18.9 Å². The summed E-state index contributed by atoms with van der Waals surface area (Å²) in [6.45, 7) is 4.60. The number of amides is 1. The molecular formula is C20H24N6OS. The Morgan fingerprint density at radius 3 is 2.57 bits per heavy atom. The lowest BCUT2D eigenvalue weighted by atomic mass is 10.2. The maximum Gasteiger partial charge on any atom is 0.219 e. The number of nitrogens with zero attached hydrogens (tertiary/aromatic N) is 5. The van der Waals surface area contributed by atoms with Crippen LogP contribution in [-0.2, 0) is 17.1 Å². The van der Waals surface area contributed by atoms with Gasteiger partial charge < -0.3 is 10.3 Å².